The van der Waals surface area contributed by atoms with Crippen LogP contribution in [0, 0.1) is 11.8 Å². The molecule has 1 spiro atoms. The van der Waals surface area contributed by atoms with Gasteiger partial charge in [-0.2, -0.15) is 0 Å². The number of likely N-dealkylation sites (tertiary alicyclic amines) is 1. The Bertz CT molecular complexity index is 1380. The number of carbonyl (C=O) groups is 4. The zero-order valence-corrected chi connectivity index (χ0v) is 20.1. The molecule has 0 aromatic heterocycles. The molecule has 36 heavy (non-hydrogen) atoms. The first kappa shape index (κ1) is 22.8. The van der Waals surface area contributed by atoms with Crippen molar-refractivity contribution in [3.8, 4) is 0 Å². The SMILES string of the molecule is C[C@H](Cc1ccccc1)N1C(=O)[C@@H]2[C@@H](c3ccc(Cl)cc3)OC3(C(=O)c4ccccc4C3=O)[C@@H]2C1=O. The first-order valence-corrected chi connectivity index (χ1v) is 12.2. The molecule has 4 atom stereocenters. The number of ketones is 2. The van der Waals surface area contributed by atoms with Crippen LogP contribution in [0.3, 0.4) is 0 Å². The minimum absolute atomic E-state index is 0.217. The van der Waals surface area contributed by atoms with Gasteiger partial charge in [-0.3, -0.25) is 24.1 Å². The van der Waals surface area contributed by atoms with Gasteiger partial charge in [0.2, 0.25) is 29.0 Å². The Labute approximate surface area is 212 Å². The molecule has 2 heterocycles. The molecule has 2 fully saturated rings. The van der Waals surface area contributed by atoms with Crippen molar-refractivity contribution < 1.29 is 23.9 Å². The molecule has 3 aromatic carbocycles. The van der Waals surface area contributed by atoms with Crippen LogP contribution >= 0.6 is 11.6 Å². The van der Waals surface area contributed by atoms with E-state index in [2.05, 4.69) is 0 Å². The van der Waals surface area contributed by atoms with Crippen molar-refractivity contribution in [3.05, 3.63) is 106 Å². The maximum Gasteiger partial charge on any atom is 0.237 e. The Morgan fingerprint density at radius 1 is 0.833 bits per heavy atom. The molecule has 7 heteroatoms. The van der Waals surface area contributed by atoms with E-state index in [-0.39, 0.29) is 11.1 Å². The van der Waals surface area contributed by atoms with Crippen LogP contribution in [0.25, 0.3) is 0 Å². The molecule has 180 valence electrons. The van der Waals surface area contributed by atoms with Crippen molar-refractivity contribution in [1.29, 1.82) is 0 Å². The Kier molecular flexibility index (Phi) is 5.21. The average Bonchev–Trinajstić information content (AvgIpc) is 3.45. The van der Waals surface area contributed by atoms with Crippen molar-refractivity contribution in [1.82, 2.24) is 4.90 Å². The Balaban J connectivity index is 1.46. The number of Topliss-reactive ketones (excluding diaryl/α,β-unsaturated/α-hetero) is 2. The fraction of sp³-hybridized carbons (Fsp3) is 0.241. The third-order valence-corrected chi connectivity index (χ3v) is 7.82. The Morgan fingerprint density at radius 2 is 1.42 bits per heavy atom. The van der Waals surface area contributed by atoms with Crippen molar-refractivity contribution in [2.24, 2.45) is 11.8 Å². The van der Waals surface area contributed by atoms with Gasteiger partial charge in [0.15, 0.2) is 0 Å². The zero-order valence-electron chi connectivity index (χ0n) is 19.4. The Hall–Kier alpha value is -3.61. The maximum atomic E-state index is 14.0. The summed E-state index contributed by atoms with van der Waals surface area (Å²) < 4.78 is 6.29. The maximum absolute atomic E-state index is 14.0. The number of rotatable bonds is 4. The molecule has 2 amide bonds. The van der Waals surface area contributed by atoms with E-state index in [9.17, 15) is 19.2 Å². The number of fused-ring (bicyclic) bond motifs is 3. The van der Waals surface area contributed by atoms with Crippen molar-refractivity contribution in [3.63, 3.8) is 0 Å². The second-order valence-electron chi connectivity index (χ2n) is 9.62. The van der Waals surface area contributed by atoms with E-state index in [4.69, 9.17) is 16.3 Å². The summed E-state index contributed by atoms with van der Waals surface area (Å²) in [6, 6.07) is 22.3. The van der Waals surface area contributed by atoms with E-state index in [0.717, 1.165) is 5.56 Å². The van der Waals surface area contributed by atoms with Crippen molar-refractivity contribution >= 4 is 35.0 Å². The lowest BCUT2D eigenvalue weighted by Gasteiger charge is -2.29. The molecule has 6 nitrogen and oxygen atoms in total. The summed E-state index contributed by atoms with van der Waals surface area (Å²) in [5.41, 5.74) is -0.0694. The fourth-order valence-corrected chi connectivity index (χ4v) is 6.10. The van der Waals surface area contributed by atoms with Crippen molar-refractivity contribution in [2.45, 2.75) is 31.1 Å². The molecule has 0 radical (unpaired) electrons. The number of hydrogen-bond donors (Lipinski definition) is 0. The monoisotopic (exact) mass is 499 g/mol. The van der Waals surface area contributed by atoms with Crippen LogP contribution in [-0.4, -0.2) is 39.9 Å². The van der Waals surface area contributed by atoms with Crippen LogP contribution in [0.5, 0.6) is 0 Å². The highest BCUT2D eigenvalue weighted by Gasteiger charge is 2.74. The molecular weight excluding hydrogens is 478 g/mol. The lowest BCUT2D eigenvalue weighted by Crippen LogP contribution is -2.52. The van der Waals surface area contributed by atoms with Crippen LogP contribution in [0.1, 0.15) is 44.9 Å². The van der Waals surface area contributed by atoms with Gasteiger partial charge in [0.25, 0.3) is 0 Å². The van der Waals surface area contributed by atoms with Crippen LogP contribution in [0.2, 0.25) is 5.02 Å². The standard InChI is InChI=1S/C29H22ClNO5/c1-16(15-17-7-3-2-4-8-17)31-27(34)22-23(28(31)35)29(36-24(22)18-11-13-19(30)14-12-18)25(32)20-9-5-6-10-21(20)26(29)33/h2-14,16,22-24H,15H2,1H3/t16-,22+,23+,24-/m1/s1. The van der Waals surface area contributed by atoms with Gasteiger partial charge in [-0.1, -0.05) is 78.3 Å². The molecule has 3 aliphatic rings. The highest BCUT2D eigenvalue weighted by molar-refractivity contribution is 6.35. The molecule has 3 aromatic rings. The topological polar surface area (TPSA) is 80.8 Å². The van der Waals surface area contributed by atoms with Gasteiger partial charge in [0.1, 0.15) is 0 Å². The summed E-state index contributed by atoms with van der Waals surface area (Å²) >= 11 is 6.07. The van der Waals surface area contributed by atoms with Gasteiger partial charge in [0.05, 0.1) is 17.9 Å². The Morgan fingerprint density at radius 3 is 2.03 bits per heavy atom. The number of halogens is 1. The summed E-state index contributed by atoms with van der Waals surface area (Å²) in [5.74, 6) is -4.34. The van der Waals surface area contributed by atoms with Crippen LogP contribution < -0.4 is 0 Å². The third kappa shape index (κ3) is 3.08. The van der Waals surface area contributed by atoms with Crippen LogP contribution in [0.4, 0.5) is 0 Å². The molecule has 2 saturated heterocycles. The molecule has 0 saturated carbocycles. The molecular formula is C29H22ClNO5. The normalized spacial score (nSPS) is 24.9. The molecule has 0 bridgehead atoms. The van der Waals surface area contributed by atoms with Gasteiger partial charge >= 0.3 is 0 Å². The quantitative estimate of drug-likeness (QED) is 0.391. The number of ether oxygens (including phenoxy) is 1. The molecule has 0 unspecified atom stereocenters. The van der Waals surface area contributed by atoms with Gasteiger partial charge in [-0.25, -0.2) is 0 Å². The predicted molar refractivity (Wildman–Crippen MR) is 132 cm³/mol. The smallest absolute Gasteiger partial charge is 0.237 e. The number of hydrogen-bond acceptors (Lipinski definition) is 5. The minimum Gasteiger partial charge on any atom is -0.349 e. The molecule has 6 rings (SSSR count). The summed E-state index contributed by atoms with van der Waals surface area (Å²) in [4.78, 5) is 56.6. The average molecular weight is 500 g/mol. The highest BCUT2D eigenvalue weighted by atomic mass is 35.5. The number of nitrogens with zero attached hydrogens (tertiary/aromatic N) is 1. The second kappa shape index (κ2) is 8.22. The van der Waals surface area contributed by atoms with E-state index in [1.807, 2.05) is 37.3 Å². The van der Waals surface area contributed by atoms with E-state index in [1.54, 1.807) is 48.5 Å². The van der Waals surface area contributed by atoms with Gasteiger partial charge in [0, 0.05) is 22.2 Å². The van der Waals surface area contributed by atoms with Crippen molar-refractivity contribution in [2.75, 3.05) is 0 Å². The third-order valence-electron chi connectivity index (χ3n) is 7.57. The lowest BCUT2D eigenvalue weighted by atomic mass is 9.77. The molecule has 2 aliphatic heterocycles. The lowest BCUT2D eigenvalue weighted by molar-refractivity contribution is -0.147. The van der Waals surface area contributed by atoms with Gasteiger partial charge < -0.3 is 4.74 Å². The summed E-state index contributed by atoms with van der Waals surface area (Å²) in [6.07, 6.45) is -0.487. The molecule has 0 N–H and O–H groups in total. The minimum atomic E-state index is -2.06. The van der Waals surface area contributed by atoms with E-state index >= 15 is 0 Å². The van der Waals surface area contributed by atoms with E-state index in [0.29, 0.717) is 17.0 Å². The number of amides is 2. The number of imide groups is 1. The zero-order chi connectivity index (χ0) is 25.2. The first-order chi connectivity index (χ1) is 17.3. The predicted octanol–water partition coefficient (Wildman–Crippen LogP) is 4.46. The van der Waals surface area contributed by atoms with Crippen LogP contribution in [-0.2, 0) is 20.7 Å². The molecule has 1 aliphatic carbocycles. The second-order valence-corrected chi connectivity index (χ2v) is 10.1. The highest BCUT2D eigenvalue weighted by Crippen LogP contribution is 2.57. The fourth-order valence-electron chi connectivity index (χ4n) is 5.97. The number of benzene rings is 3. The summed E-state index contributed by atoms with van der Waals surface area (Å²) in [7, 11) is 0. The van der Waals surface area contributed by atoms with E-state index < -0.39 is 53.0 Å². The summed E-state index contributed by atoms with van der Waals surface area (Å²) in [6.45, 7) is 1.81. The van der Waals surface area contributed by atoms with Crippen LogP contribution in [0.15, 0.2) is 78.9 Å². The van der Waals surface area contributed by atoms with E-state index in [1.165, 1.54) is 4.90 Å². The van der Waals surface area contributed by atoms with Gasteiger partial charge in [-0.05, 0) is 36.6 Å². The first-order valence-electron chi connectivity index (χ1n) is 11.9. The van der Waals surface area contributed by atoms with Gasteiger partial charge in [-0.15, -0.1) is 0 Å². The summed E-state index contributed by atoms with van der Waals surface area (Å²) in [5, 5.41) is 0.496. The largest absolute Gasteiger partial charge is 0.349 e. The number of carbonyl (C=O) groups excluding carboxylic acids is 4.